The minimum atomic E-state index is -0.588. The van der Waals surface area contributed by atoms with Crippen LogP contribution in [0.5, 0.6) is 0 Å². The highest BCUT2D eigenvalue weighted by Gasteiger charge is 2.27. The molecule has 1 saturated heterocycles. The molecule has 3 aromatic rings. The highest BCUT2D eigenvalue weighted by molar-refractivity contribution is 7.17. The highest BCUT2D eigenvalue weighted by atomic mass is 32.1. The van der Waals surface area contributed by atoms with Crippen molar-refractivity contribution in [3.8, 4) is 5.69 Å². The van der Waals surface area contributed by atoms with Gasteiger partial charge in [-0.05, 0) is 67.8 Å². The monoisotopic (exact) mass is 429 g/mol. The van der Waals surface area contributed by atoms with Crippen molar-refractivity contribution in [3.05, 3.63) is 61.9 Å². The zero-order valence-corrected chi connectivity index (χ0v) is 17.9. The van der Waals surface area contributed by atoms with Gasteiger partial charge < -0.3 is 4.90 Å². The quantitative estimate of drug-likeness (QED) is 0.638. The summed E-state index contributed by atoms with van der Waals surface area (Å²) in [6.07, 6.45) is 3.91. The summed E-state index contributed by atoms with van der Waals surface area (Å²) in [5.74, 6) is -0.521. The summed E-state index contributed by atoms with van der Waals surface area (Å²) < 4.78 is 16.5. The summed E-state index contributed by atoms with van der Waals surface area (Å²) in [5.41, 5.74) is 0.0551. The van der Waals surface area contributed by atoms with Crippen LogP contribution in [0, 0.1) is 12.7 Å². The van der Waals surface area contributed by atoms with Crippen LogP contribution in [0.1, 0.15) is 38.2 Å². The Hall–Kier alpha value is -2.74. The van der Waals surface area contributed by atoms with E-state index < -0.39 is 17.1 Å². The predicted molar refractivity (Wildman–Crippen MR) is 116 cm³/mol. The Balaban J connectivity index is 1.83. The number of aryl methyl sites for hydroxylation is 1. The van der Waals surface area contributed by atoms with E-state index in [0.717, 1.165) is 30.3 Å². The summed E-state index contributed by atoms with van der Waals surface area (Å²) in [7, 11) is 0. The highest BCUT2D eigenvalue weighted by Crippen LogP contribution is 2.21. The van der Waals surface area contributed by atoms with Crippen molar-refractivity contribution in [2.75, 3.05) is 6.54 Å². The first-order valence-corrected chi connectivity index (χ1v) is 11.1. The maximum atomic E-state index is 13.7. The van der Waals surface area contributed by atoms with Gasteiger partial charge in [0.05, 0.1) is 11.2 Å². The van der Waals surface area contributed by atoms with E-state index in [1.807, 2.05) is 4.90 Å². The molecular weight excluding hydrogens is 405 g/mol. The van der Waals surface area contributed by atoms with Gasteiger partial charge in [-0.1, -0.05) is 6.92 Å². The van der Waals surface area contributed by atoms with Gasteiger partial charge in [-0.2, -0.15) is 0 Å². The van der Waals surface area contributed by atoms with Gasteiger partial charge in [0.1, 0.15) is 17.1 Å². The minimum Gasteiger partial charge on any atom is -0.338 e. The summed E-state index contributed by atoms with van der Waals surface area (Å²) >= 11 is 1.23. The van der Waals surface area contributed by atoms with Gasteiger partial charge in [-0.15, -0.1) is 11.3 Å². The number of halogens is 1. The van der Waals surface area contributed by atoms with E-state index in [9.17, 15) is 18.8 Å². The van der Waals surface area contributed by atoms with E-state index in [1.165, 1.54) is 34.1 Å². The van der Waals surface area contributed by atoms with Crippen molar-refractivity contribution in [3.63, 3.8) is 0 Å². The lowest BCUT2D eigenvalue weighted by molar-refractivity contribution is -0.135. The van der Waals surface area contributed by atoms with Gasteiger partial charge in [0.15, 0.2) is 0 Å². The largest absolute Gasteiger partial charge is 0.338 e. The Labute approximate surface area is 177 Å². The molecule has 0 spiro atoms. The maximum absolute atomic E-state index is 13.7. The predicted octanol–water partition coefficient (Wildman–Crippen LogP) is 3.45. The number of hydrogen-bond donors (Lipinski definition) is 0. The molecule has 3 heterocycles. The van der Waals surface area contributed by atoms with Crippen LogP contribution >= 0.6 is 11.3 Å². The third kappa shape index (κ3) is 3.49. The molecule has 0 bridgehead atoms. The number of thiophene rings is 1. The zero-order valence-electron chi connectivity index (χ0n) is 17.1. The molecule has 0 N–H and O–H groups in total. The molecule has 8 heteroatoms. The summed E-state index contributed by atoms with van der Waals surface area (Å²) in [6, 6.07) is 6.01. The molecule has 6 nitrogen and oxygen atoms in total. The third-order valence-corrected chi connectivity index (χ3v) is 6.76. The lowest BCUT2D eigenvalue weighted by Gasteiger charge is -2.35. The van der Waals surface area contributed by atoms with E-state index in [0.29, 0.717) is 28.0 Å². The second-order valence-corrected chi connectivity index (χ2v) is 8.64. The van der Waals surface area contributed by atoms with Crippen LogP contribution < -0.4 is 11.2 Å². The fourth-order valence-electron chi connectivity index (χ4n) is 4.22. The maximum Gasteiger partial charge on any atom is 0.336 e. The first-order chi connectivity index (χ1) is 14.4. The lowest BCUT2D eigenvalue weighted by Crippen LogP contribution is -2.47. The average Bonchev–Trinajstić information content (AvgIpc) is 3.23. The Morgan fingerprint density at radius 2 is 2.03 bits per heavy atom. The van der Waals surface area contributed by atoms with Crippen molar-refractivity contribution < 1.29 is 9.18 Å². The SMILES string of the molecule is CC[C@H]1CCCCN1C(=O)Cn1c(=O)n(-c2ccc(F)c(C)c2)c(=O)c2sccc21. The van der Waals surface area contributed by atoms with Crippen molar-refractivity contribution in [2.24, 2.45) is 0 Å². The van der Waals surface area contributed by atoms with Crippen LogP contribution in [0.15, 0.2) is 39.2 Å². The van der Waals surface area contributed by atoms with E-state index in [2.05, 4.69) is 6.92 Å². The van der Waals surface area contributed by atoms with Crippen LogP contribution in [0.3, 0.4) is 0 Å². The third-order valence-electron chi connectivity index (χ3n) is 5.87. The molecular formula is C22H24FN3O3S. The summed E-state index contributed by atoms with van der Waals surface area (Å²) in [5, 5.41) is 1.74. The lowest BCUT2D eigenvalue weighted by atomic mass is 10.00. The molecule has 0 saturated carbocycles. The first-order valence-electron chi connectivity index (χ1n) is 10.2. The number of amides is 1. The second kappa shape index (κ2) is 8.18. The molecule has 0 unspecified atom stereocenters. The second-order valence-electron chi connectivity index (χ2n) is 7.72. The van der Waals surface area contributed by atoms with E-state index >= 15 is 0 Å². The van der Waals surface area contributed by atoms with E-state index in [-0.39, 0.29) is 18.5 Å². The molecule has 1 aliphatic heterocycles. The van der Waals surface area contributed by atoms with Gasteiger partial charge >= 0.3 is 5.69 Å². The molecule has 1 fully saturated rings. The fourth-order valence-corrected chi connectivity index (χ4v) is 5.04. The molecule has 1 amide bonds. The molecule has 30 heavy (non-hydrogen) atoms. The number of fused-ring (bicyclic) bond motifs is 1. The fraction of sp³-hybridized carbons (Fsp3) is 0.409. The van der Waals surface area contributed by atoms with Crippen LogP contribution in [-0.2, 0) is 11.3 Å². The Bertz CT molecular complexity index is 1230. The Morgan fingerprint density at radius 3 is 2.77 bits per heavy atom. The Kier molecular flexibility index (Phi) is 5.60. The number of likely N-dealkylation sites (tertiary alicyclic amines) is 1. The van der Waals surface area contributed by atoms with Gasteiger partial charge in [0.25, 0.3) is 5.56 Å². The number of benzene rings is 1. The summed E-state index contributed by atoms with van der Waals surface area (Å²) in [6.45, 7) is 4.21. The van der Waals surface area contributed by atoms with Gasteiger partial charge in [0.2, 0.25) is 5.91 Å². The molecule has 158 valence electrons. The van der Waals surface area contributed by atoms with Crippen LogP contribution in [0.4, 0.5) is 4.39 Å². The van der Waals surface area contributed by atoms with Gasteiger partial charge in [-0.25, -0.2) is 13.8 Å². The Morgan fingerprint density at radius 1 is 1.23 bits per heavy atom. The first kappa shape index (κ1) is 20.5. The smallest absolute Gasteiger partial charge is 0.336 e. The minimum absolute atomic E-state index is 0.114. The average molecular weight is 430 g/mol. The molecule has 4 rings (SSSR count). The standard InChI is InChI=1S/C22H24FN3O3S/c1-3-15-6-4-5-10-24(15)19(27)13-25-18-9-11-30-20(18)21(28)26(22(25)29)16-7-8-17(23)14(2)12-16/h7-9,11-12,15H,3-6,10,13H2,1-2H3/t15-/m0/s1. The van der Waals surface area contributed by atoms with Crippen LogP contribution in [-0.4, -0.2) is 32.5 Å². The normalized spacial score (nSPS) is 16.9. The van der Waals surface area contributed by atoms with Gasteiger partial charge in [-0.3, -0.25) is 14.2 Å². The van der Waals surface area contributed by atoms with Crippen molar-refractivity contribution in [1.29, 1.82) is 0 Å². The zero-order chi connectivity index (χ0) is 21.4. The number of carbonyl (C=O) groups is 1. The topological polar surface area (TPSA) is 64.3 Å². The van der Waals surface area contributed by atoms with Crippen molar-refractivity contribution in [2.45, 2.75) is 52.1 Å². The number of aromatic nitrogens is 2. The van der Waals surface area contributed by atoms with E-state index in [1.54, 1.807) is 18.4 Å². The van der Waals surface area contributed by atoms with Crippen molar-refractivity contribution in [1.82, 2.24) is 14.0 Å². The number of piperidine rings is 1. The molecule has 1 aromatic carbocycles. The number of rotatable bonds is 4. The molecule has 1 atom stereocenters. The van der Waals surface area contributed by atoms with Gasteiger partial charge in [0, 0.05) is 12.6 Å². The van der Waals surface area contributed by atoms with Crippen molar-refractivity contribution >= 4 is 27.5 Å². The van der Waals surface area contributed by atoms with Crippen LogP contribution in [0.2, 0.25) is 0 Å². The number of nitrogens with zero attached hydrogens (tertiary/aromatic N) is 3. The number of carbonyl (C=O) groups excluding carboxylic acids is 1. The summed E-state index contributed by atoms with van der Waals surface area (Å²) in [4.78, 5) is 41.3. The number of hydrogen-bond acceptors (Lipinski definition) is 4. The van der Waals surface area contributed by atoms with E-state index in [4.69, 9.17) is 0 Å². The molecule has 2 aromatic heterocycles. The molecule has 0 aliphatic carbocycles. The molecule has 1 aliphatic rings. The molecule has 0 radical (unpaired) electrons. The van der Waals surface area contributed by atoms with Crippen LogP contribution in [0.25, 0.3) is 15.9 Å².